The number of para-hydroxylation sites is 1. The molecule has 2 rings (SSSR count). The van der Waals surface area contributed by atoms with Crippen molar-refractivity contribution in [1.29, 1.82) is 0 Å². The number of benzene rings is 1. The van der Waals surface area contributed by atoms with Crippen molar-refractivity contribution in [2.75, 3.05) is 6.61 Å². The molecule has 19 heavy (non-hydrogen) atoms. The Morgan fingerprint density at radius 3 is 2.84 bits per heavy atom. The molecule has 0 bridgehead atoms. The second kappa shape index (κ2) is 5.89. The SMILES string of the molecule is CC[C@@H](CO)NC(=O)Cc1c(C)[nH]c2ccccc12. The zero-order valence-corrected chi connectivity index (χ0v) is 11.4. The van der Waals surface area contributed by atoms with E-state index >= 15 is 0 Å². The molecule has 1 heterocycles. The number of aromatic amines is 1. The summed E-state index contributed by atoms with van der Waals surface area (Å²) >= 11 is 0. The molecular weight excluding hydrogens is 240 g/mol. The number of H-pyrrole nitrogens is 1. The first kappa shape index (κ1) is 13.6. The number of carbonyl (C=O) groups is 1. The molecule has 4 nitrogen and oxygen atoms in total. The van der Waals surface area contributed by atoms with Crippen LogP contribution in [0.25, 0.3) is 10.9 Å². The first-order valence-corrected chi connectivity index (χ1v) is 6.62. The van der Waals surface area contributed by atoms with E-state index in [2.05, 4.69) is 10.3 Å². The molecule has 2 aromatic rings. The number of hydrogen-bond acceptors (Lipinski definition) is 2. The maximum absolute atomic E-state index is 12.0. The van der Waals surface area contributed by atoms with Crippen LogP contribution in [0.3, 0.4) is 0 Å². The molecule has 1 atom stereocenters. The van der Waals surface area contributed by atoms with Gasteiger partial charge in [0.1, 0.15) is 0 Å². The molecule has 3 N–H and O–H groups in total. The third kappa shape index (κ3) is 2.96. The average molecular weight is 260 g/mol. The second-order valence-corrected chi connectivity index (χ2v) is 4.81. The van der Waals surface area contributed by atoms with Gasteiger partial charge in [0, 0.05) is 16.6 Å². The molecule has 0 saturated carbocycles. The highest BCUT2D eigenvalue weighted by Crippen LogP contribution is 2.22. The van der Waals surface area contributed by atoms with E-state index in [0.717, 1.165) is 28.6 Å². The molecule has 4 heteroatoms. The predicted octanol–water partition coefficient (Wildman–Crippen LogP) is 1.91. The Bertz CT molecular complexity index is 571. The molecule has 0 saturated heterocycles. The summed E-state index contributed by atoms with van der Waals surface area (Å²) in [6.07, 6.45) is 1.07. The monoisotopic (exact) mass is 260 g/mol. The minimum Gasteiger partial charge on any atom is -0.394 e. The Morgan fingerprint density at radius 2 is 2.16 bits per heavy atom. The van der Waals surface area contributed by atoms with E-state index in [1.165, 1.54) is 0 Å². The van der Waals surface area contributed by atoms with Crippen molar-refractivity contribution in [3.63, 3.8) is 0 Å². The van der Waals surface area contributed by atoms with Gasteiger partial charge < -0.3 is 15.4 Å². The summed E-state index contributed by atoms with van der Waals surface area (Å²) in [5, 5.41) is 13.0. The van der Waals surface area contributed by atoms with Crippen LogP contribution in [0.4, 0.5) is 0 Å². The van der Waals surface area contributed by atoms with Crippen molar-refractivity contribution in [1.82, 2.24) is 10.3 Å². The van der Waals surface area contributed by atoms with Crippen LogP contribution in [0.15, 0.2) is 24.3 Å². The number of aliphatic hydroxyl groups excluding tert-OH is 1. The summed E-state index contributed by atoms with van der Waals surface area (Å²) < 4.78 is 0. The molecule has 1 aromatic heterocycles. The number of rotatable bonds is 5. The Hall–Kier alpha value is -1.81. The van der Waals surface area contributed by atoms with Crippen LogP contribution < -0.4 is 5.32 Å². The fourth-order valence-electron chi connectivity index (χ4n) is 2.28. The van der Waals surface area contributed by atoms with Gasteiger partial charge in [-0.3, -0.25) is 4.79 Å². The number of hydrogen-bond donors (Lipinski definition) is 3. The lowest BCUT2D eigenvalue weighted by atomic mass is 10.1. The first-order valence-electron chi connectivity index (χ1n) is 6.62. The number of fused-ring (bicyclic) bond motifs is 1. The maximum Gasteiger partial charge on any atom is 0.224 e. The van der Waals surface area contributed by atoms with Gasteiger partial charge in [-0.25, -0.2) is 0 Å². The topological polar surface area (TPSA) is 65.1 Å². The average Bonchev–Trinajstić information content (AvgIpc) is 2.72. The van der Waals surface area contributed by atoms with E-state index in [1.54, 1.807) is 0 Å². The van der Waals surface area contributed by atoms with E-state index in [1.807, 2.05) is 38.1 Å². The first-order chi connectivity index (χ1) is 9.15. The molecule has 0 fully saturated rings. The number of aliphatic hydroxyl groups is 1. The molecule has 102 valence electrons. The standard InChI is InChI=1S/C15H20N2O2/c1-3-11(9-18)17-15(19)8-13-10(2)16-14-7-5-4-6-12(13)14/h4-7,11,16,18H,3,8-9H2,1-2H3,(H,17,19)/t11-/m0/s1. The lowest BCUT2D eigenvalue weighted by molar-refractivity contribution is -0.121. The van der Waals surface area contributed by atoms with Crippen molar-refractivity contribution in [2.24, 2.45) is 0 Å². The van der Waals surface area contributed by atoms with E-state index in [0.29, 0.717) is 6.42 Å². The molecule has 1 aromatic carbocycles. The van der Waals surface area contributed by atoms with Gasteiger partial charge in [-0.05, 0) is 25.0 Å². The minimum absolute atomic E-state index is 0.0187. The normalized spacial score (nSPS) is 12.6. The van der Waals surface area contributed by atoms with Gasteiger partial charge in [-0.2, -0.15) is 0 Å². The van der Waals surface area contributed by atoms with E-state index in [-0.39, 0.29) is 18.6 Å². The lowest BCUT2D eigenvalue weighted by Gasteiger charge is -2.13. The number of aromatic nitrogens is 1. The summed E-state index contributed by atoms with van der Waals surface area (Å²) in [5.41, 5.74) is 3.10. The van der Waals surface area contributed by atoms with Crippen molar-refractivity contribution in [3.05, 3.63) is 35.5 Å². The van der Waals surface area contributed by atoms with Gasteiger partial charge in [-0.1, -0.05) is 25.1 Å². The Kier molecular flexibility index (Phi) is 4.22. The van der Waals surface area contributed by atoms with Gasteiger partial charge >= 0.3 is 0 Å². The van der Waals surface area contributed by atoms with Gasteiger partial charge in [0.15, 0.2) is 0 Å². The van der Waals surface area contributed by atoms with Gasteiger partial charge in [0.25, 0.3) is 0 Å². The quantitative estimate of drug-likeness (QED) is 0.769. The zero-order chi connectivity index (χ0) is 13.8. The molecule has 0 spiro atoms. The second-order valence-electron chi connectivity index (χ2n) is 4.81. The Balaban J connectivity index is 2.17. The minimum atomic E-state index is -0.155. The van der Waals surface area contributed by atoms with Gasteiger partial charge in [0.05, 0.1) is 19.1 Å². The largest absolute Gasteiger partial charge is 0.394 e. The lowest BCUT2D eigenvalue weighted by Crippen LogP contribution is -2.37. The highest BCUT2D eigenvalue weighted by Gasteiger charge is 2.14. The van der Waals surface area contributed by atoms with Crippen molar-refractivity contribution in [3.8, 4) is 0 Å². The third-order valence-electron chi connectivity index (χ3n) is 3.44. The Labute approximate surface area is 112 Å². The van der Waals surface area contributed by atoms with Crippen LogP contribution in [-0.2, 0) is 11.2 Å². The number of nitrogens with one attached hydrogen (secondary N) is 2. The fourth-order valence-corrected chi connectivity index (χ4v) is 2.28. The molecule has 1 amide bonds. The molecular formula is C15H20N2O2. The van der Waals surface area contributed by atoms with E-state index < -0.39 is 0 Å². The summed E-state index contributed by atoms with van der Waals surface area (Å²) in [7, 11) is 0. The fraction of sp³-hybridized carbons (Fsp3) is 0.400. The van der Waals surface area contributed by atoms with Gasteiger partial charge in [-0.15, -0.1) is 0 Å². The van der Waals surface area contributed by atoms with Gasteiger partial charge in [0.2, 0.25) is 5.91 Å². The zero-order valence-electron chi connectivity index (χ0n) is 11.4. The van der Waals surface area contributed by atoms with Crippen molar-refractivity contribution in [2.45, 2.75) is 32.7 Å². The summed E-state index contributed by atoms with van der Waals surface area (Å²) in [6, 6.07) is 7.82. The van der Waals surface area contributed by atoms with E-state index in [4.69, 9.17) is 5.11 Å². The maximum atomic E-state index is 12.0. The molecule has 0 aliphatic carbocycles. The van der Waals surface area contributed by atoms with E-state index in [9.17, 15) is 4.79 Å². The van der Waals surface area contributed by atoms with Crippen LogP contribution in [0, 0.1) is 6.92 Å². The summed E-state index contributed by atoms with van der Waals surface area (Å²) in [4.78, 5) is 15.3. The smallest absolute Gasteiger partial charge is 0.224 e. The third-order valence-corrected chi connectivity index (χ3v) is 3.44. The van der Waals surface area contributed by atoms with Crippen LogP contribution in [0.2, 0.25) is 0 Å². The molecule has 0 unspecified atom stereocenters. The molecule has 0 radical (unpaired) electrons. The van der Waals surface area contributed by atoms with Crippen LogP contribution in [0.1, 0.15) is 24.6 Å². The Morgan fingerprint density at radius 1 is 1.42 bits per heavy atom. The number of aryl methyl sites for hydroxylation is 1. The summed E-state index contributed by atoms with van der Waals surface area (Å²) in [5.74, 6) is -0.0475. The van der Waals surface area contributed by atoms with Crippen molar-refractivity contribution < 1.29 is 9.90 Å². The van der Waals surface area contributed by atoms with Crippen LogP contribution in [-0.4, -0.2) is 28.6 Å². The predicted molar refractivity (Wildman–Crippen MR) is 76.0 cm³/mol. The number of carbonyl (C=O) groups excluding carboxylic acids is 1. The highest BCUT2D eigenvalue weighted by atomic mass is 16.3. The van der Waals surface area contributed by atoms with Crippen LogP contribution >= 0.6 is 0 Å². The van der Waals surface area contributed by atoms with Crippen LogP contribution in [0.5, 0.6) is 0 Å². The summed E-state index contributed by atoms with van der Waals surface area (Å²) in [6.45, 7) is 3.90. The molecule has 0 aliphatic heterocycles. The number of amides is 1. The van der Waals surface area contributed by atoms with Crippen molar-refractivity contribution >= 4 is 16.8 Å². The highest BCUT2D eigenvalue weighted by molar-refractivity contribution is 5.90. The molecule has 0 aliphatic rings.